The molecule has 0 aliphatic heterocycles. The van der Waals surface area contributed by atoms with E-state index in [-0.39, 0.29) is 22.7 Å². The topological polar surface area (TPSA) is 97.7 Å². The Morgan fingerprint density at radius 1 is 1.14 bits per heavy atom. The predicted octanol–water partition coefficient (Wildman–Crippen LogP) is 3.32. The van der Waals surface area contributed by atoms with E-state index >= 15 is 0 Å². The number of fused-ring (bicyclic) bond motifs is 5. The van der Waals surface area contributed by atoms with Gasteiger partial charge in [-0.05, 0) is 74.2 Å². The van der Waals surface area contributed by atoms with E-state index in [9.17, 15) is 18.0 Å². The van der Waals surface area contributed by atoms with Crippen molar-refractivity contribution >= 4 is 21.9 Å². The van der Waals surface area contributed by atoms with Crippen molar-refractivity contribution in [3.63, 3.8) is 0 Å². The van der Waals surface area contributed by atoms with Crippen molar-refractivity contribution < 1.29 is 27.3 Å². The normalized spacial score (nSPS) is 42.8. The van der Waals surface area contributed by atoms with E-state index in [1.807, 2.05) is 6.08 Å². The molecule has 0 aromatic heterocycles. The number of hydrogen-bond donors (Lipinski definition) is 1. The summed E-state index contributed by atoms with van der Waals surface area (Å²) in [6.45, 7) is 4.52. The van der Waals surface area contributed by atoms with Crippen molar-refractivity contribution in [3.05, 3.63) is 11.6 Å². The van der Waals surface area contributed by atoms with Crippen LogP contribution in [0.15, 0.2) is 11.6 Å². The molecule has 28 heavy (non-hydrogen) atoms. The van der Waals surface area contributed by atoms with Crippen LogP contribution in [0.4, 0.5) is 0 Å². The average Bonchev–Trinajstić information content (AvgIpc) is 2.90. The zero-order chi connectivity index (χ0) is 20.3. The molecular weight excluding hydrogens is 380 g/mol. The van der Waals surface area contributed by atoms with E-state index in [2.05, 4.69) is 13.8 Å². The van der Waals surface area contributed by atoms with E-state index in [1.165, 1.54) is 5.57 Å². The Balaban J connectivity index is 1.53. The Hall–Kier alpha value is -1.21. The summed E-state index contributed by atoms with van der Waals surface area (Å²) in [4.78, 5) is 23.9. The Bertz CT molecular complexity index is 830. The standard InChI is InChI=1S/C21H30O6S/c1-20-9-7-14(22)11-13(20)3-4-15-16-5-6-18(21(16,2)10-8-17(15)20)27-19(23)12-28(24,25)26/h11,15-18H,3-10,12H2,1-2H3,(H,24,25,26)/t15-,16-,17-,18-,20-,21-/m0/s1. The molecule has 1 N–H and O–H groups in total. The van der Waals surface area contributed by atoms with E-state index in [0.717, 1.165) is 44.9 Å². The van der Waals surface area contributed by atoms with E-state index < -0.39 is 21.8 Å². The van der Waals surface area contributed by atoms with Crippen LogP contribution >= 0.6 is 0 Å². The molecule has 0 amide bonds. The largest absolute Gasteiger partial charge is 0.461 e. The minimum atomic E-state index is -4.37. The third-order valence-electron chi connectivity index (χ3n) is 8.45. The lowest BCUT2D eigenvalue weighted by Crippen LogP contribution is -2.51. The molecule has 0 radical (unpaired) electrons. The minimum Gasteiger partial charge on any atom is -0.461 e. The third kappa shape index (κ3) is 3.24. The molecule has 7 heteroatoms. The van der Waals surface area contributed by atoms with Gasteiger partial charge in [-0.15, -0.1) is 0 Å². The summed E-state index contributed by atoms with van der Waals surface area (Å²) in [5.41, 5.74) is 1.30. The molecule has 0 unspecified atom stereocenters. The van der Waals surface area contributed by atoms with Crippen LogP contribution in [-0.2, 0) is 24.4 Å². The highest BCUT2D eigenvalue weighted by Gasteiger charge is 2.60. The molecule has 4 aliphatic carbocycles. The third-order valence-corrected chi connectivity index (χ3v) is 9.05. The number of ketones is 1. The van der Waals surface area contributed by atoms with Crippen LogP contribution in [0, 0.1) is 28.6 Å². The van der Waals surface area contributed by atoms with Crippen molar-refractivity contribution in [1.29, 1.82) is 0 Å². The quantitative estimate of drug-likeness (QED) is 0.566. The first kappa shape index (κ1) is 20.1. The van der Waals surface area contributed by atoms with Gasteiger partial charge in [0.05, 0.1) is 0 Å². The molecule has 4 aliphatic rings. The van der Waals surface area contributed by atoms with Crippen molar-refractivity contribution in [2.24, 2.45) is 28.6 Å². The van der Waals surface area contributed by atoms with Gasteiger partial charge in [-0.2, -0.15) is 8.42 Å². The highest BCUT2D eigenvalue weighted by Crippen LogP contribution is 2.65. The molecule has 0 spiro atoms. The molecule has 0 aromatic carbocycles. The van der Waals surface area contributed by atoms with E-state index in [0.29, 0.717) is 24.2 Å². The first-order chi connectivity index (χ1) is 13.0. The average molecular weight is 411 g/mol. The number of esters is 1. The van der Waals surface area contributed by atoms with Gasteiger partial charge in [-0.1, -0.05) is 19.4 Å². The maximum atomic E-state index is 12.0. The summed E-state index contributed by atoms with van der Waals surface area (Å²) in [7, 11) is -4.37. The summed E-state index contributed by atoms with van der Waals surface area (Å²) < 4.78 is 36.4. The van der Waals surface area contributed by atoms with Crippen molar-refractivity contribution in [1.82, 2.24) is 0 Å². The molecule has 0 aromatic rings. The fourth-order valence-corrected chi connectivity index (χ4v) is 7.41. The van der Waals surface area contributed by atoms with Crippen molar-refractivity contribution in [3.8, 4) is 0 Å². The van der Waals surface area contributed by atoms with Crippen LogP contribution in [-0.4, -0.2) is 36.6 Å². The molecule has 0 bridgehead atoms. The fraction of sp³-hybridized carbons (Fsp3) is 0.810. The Labute approximate surface area is 166 Å². The Morgan fingerprint density at radius 2 is 1.89 bits per heavy atom. The summed E-state index contributed by atoms with van der Waals surface area (Å²) in [5.74, 6) is -0.00575. The second-order valence-corrected chi connectivity index (χ2v) is 11.2. The molecule has 156 valence electrons. The van der Waals surface area contributed by atoms with Gasteiger partial charge in [-0.25, -0.2) is 0 Å². The molecule has 3 saturated carbocycles. The summed E-state index contributed by atoms with van der Waals surface area (Å²) in [5, 5.41) is 0. The van der Waals surface area contributed by atoms with Gasteiger partial charge in [0, 0.05) is 11.8 Å². The second-order valence-electron chi connectivity index (χ2n) is 9.80. The monoisotopic (exact) mass is 410 g/mol. The van der Waals surface area contributed by atoms with Gasteiger partial charge in [0.25, 0.3) is 10.1 Å². The highest BCUT2D eigenvalue weighted by atomic mass is 32.2. The van der Waals surface area contributed by atoms with Gasteiger partial charge in [-0.3, -0.25) is 14.1 Å². The smallest absolute Gasteiger partial charge is 0.323 e. The van der Waals surface area contributed by atoms with Gasteiger partial charge >= 0.3 is 5.97 Å². The van der Waals surface area contributed by atoms with E-state index in [4.69, 9.17) is 9.29 Å². The lowest BCUT2D eigenvalue weighted by atomic mass is 9.47. The van der Waals surface area contributed by atoms with Gasteiger partial charge in [0.1, 0.15) is 6.10 Å². The van der Waals surface area contributed by atoms with Crippen molar-refractivity contribution in [2.75, 3.05) is 5.75 Å². The number of rotatable bonds is 3. The Kier molecular flexibility index (Phi) is 4.77. The van der Waals surface area contributed by atoms with Crippen LogP contribution in [0.1, 0.15) is 65.2 Å². The maximum Gasteiger partial charge on any atom is 0.323 e. The number of hydrogen-bond acceptors (Lipinski definition) is 5. The first-order valence-electron chi connectivity index (χ1n) is 10.4. The lowest BCUT2D eigenvalue weighted by molar-refractivity contribution is -0.156. The highest BCUT2D eigenvalue weighted by molar-refractivity contribution is 7.86. The van der Waals surface area contributed by atoms with Gasteiger partial charge in [0.15, 0.2) is 11.5 Å². The SMILES string of the molecule is C[C@]12CC[C@H]3[C@@H](CCC4=CC(=O)CC[C@@]43C)[C@@H]1CC[C@@H]2OC(=O)CS(=O)(=O)O. The molecule has 6 atom stereocenters. The molecule has 0 heterocycles. The van der Waals surface area contributed by atoms with Crippen LogP contribution in [0.25, 0.3) is 0 Å². The van der Waals surface area contributed by atoms with Crippen LogP contribution in [0.5, 0.6) is 0 Å². The lowest BCUT2D eigenvalue weighted by Gasteiger charge is -2.57. The summed E-state index contributed by atoms with van der Waals surface area (Å²) in [6.07, 6.45) is 8.97. The van der Waals surface area contributed by atoms with Crippen LogP contribution < -0.4 is 0 Å². The van der Waals surface area contributed by atoms with Gasteiger partial charge < -0.3 is 4.74 Å². The molecule has 3 fully saturated rings. The summed E-state index contributed by atoms with van der Waals surface area (Å²) >= 11 is 0. The number of carbonyl (C=O) groups is 2. The molecule has 0 saturated heterocycles. The van der Waals surface area contributed by atoms with E-state index in [1.54, 1.807) is 0 Å². The van der Waals surface area contributed by atoms with Crippen LogP contribution in [0.2, 0.25) is 0 Å². The predicted molar refractivity (Wildman–Crippen MR) is 103 cm³/mol. The number of carbonyl (C=O) groups excluding carboxylic acids is 2. The number of ether oxygens (including phenoxy) is 1. The fourth-order valence-electron chi connectivity index (χ4n) is 7.05. The molecule has 4 rings (SSSR count). The Morgan fingerprint density at radius 3 is 2.61 bits per heavy atom. The summed E-state index contributed by atoms with van der Waals surface area (Å²) in [6, 6.07) is 0. The maximum absolute atomic E-state index is 12.0. The molecule has 6 nitrogen and oxygen atoms in total. The zero-order valence-electron chi connectivity index (χ0n) is 16.6. The van der Waals surface area contributed by atoms with Crippen molar-refractivity contribution in [2.45, 2.75) is 71.3 Å². The first-order valence-corrected chi connectivity index (χ1v) is 12.0. The van der Waals surface area contributed by atoms with Crippen LogP contribution in [0.3, 0.4) is 0 Å². The number of allylic oxidation sites excluding steroid dienone is 1. The minimum absolute atomic E-state index is 0.109. The van der Waals surface area contributed by atoms with Gasteiger partial charge in [0.2, 0.25) is 0 Å². The second kappa shape index (κ2) is 6.66. The molecular formula is C21H30O6S. The zero-order valence-corrected chi connectivity index (χ0v) is 17.5.